The molecule has 0 aliphatic heterocycles. The summed E-state index contributed by atoms with van der Waals surface area (Å²) in [5.41, 5.74) is 8.33. The molecule has 0 saturated carbocycles. The van der Waals surface area contributed by atoms with Crippen molar-refractivity contribution in [2.75, 3.05) is 0 Å². The Balaban J connectivity index is 2.23. The molecule has 1 atom stereocenters. The van der Waals surface area contributed by atoms with Crippen LogP contribution in [-0.4, -0.2) is 21.4 Å². The van der Waals surface area contributed by atoms with Gasteiger partial charge >= 0.3 is 0 Å². The molecule has 1 aromatic carbocycles. The van der Waals surface area contributed by atoms with E-state index >= 15 is 0 Å². The number of carbonyl (C=O) groups excluding carboxylic acids is 1. The molecule has 0 aliphatic rings. The lowest BCUT2D eigenvalue weighted by molar-refractivity contribution is -0.117. The second-order valence-electron chi connectivity index (χ2n) is 4.41. The fraction of sp³-hybridized carbons (Fsp3) is 0.308. The molecule has 100 valence electrons. The molecule has 1 heterocycles. The minimum absolute atomic E-state index is 0.348. The van der Waals surface area contributed by atoms with Crippen LogP contribution in [0.1, 0.15) is 18.1 Å². The van der Waals surface area contributed by atoms with Gasteiger partial charge in [-0.2, -0.15) is 0 Å². The van der Waals surface area contributed by atoms with Gasteiger partial charge in [-0.05, 0) is 32.9 Å². The summed E-state index contributed by atoms with van der Waals surface area (Å²) in [5, 5.41) is 7.86. The van der Waals surface area contributed by atoms with E-state index in [0.29, 0.717) is 11.1 Å². The third kappa shape index (κ3) is 3.35. The van der Waals surface area contributed by atoms with Crippen molar-refractivity contribution in [2.24, 2.45) is 5.73 Å². The van der Waals surface area contributed by atoms with E-state index < -0.39 is 11.2 Å². The van der Waals surface area contributed by atoms with Crippen LogP contribution >= 0.6 is 11.8 Å². The molecule has 0 bridgehead atoms. The van der Waals surface area contributed by atoms with Crippen LogP contribution in [0.4, 0.5) is 0 Å². The van der Waals surface area contributed by atoms with Gasteiger partial charge in [0.15, 0.2) is 0 Å². The van der Waals surface area contributed by atoms with Crippen molar-refractivity contribution in [2.45, 2.75) is 31.2 Å². The number of amides is 1. The first-order chi connectivity index (χ1) is 8.95. The van der Waals surface area contributed by atoms with E-state index in [1.165, 1.54) is 0 Å². The maximum Gasteiger partial charge on any atom is 0.277 e. The highest BCUT2D eigenvalue weighted by Gasteiger charge is 2.16. The standard InChI is InChI=1S/C13H15N3O2S/c1-7-4-8(2)6-10(5-7)12-15-16-13(18-12)19-9(3)11(14)17/h4-6,9H,1-3H3,(H2,14,17). The van der Waals surface area contributed by atoms with Crippen molar-refractivity contribution in [3.8, 4) is 11.5 Å². The Morgan fingerprint density at radius 2 is 1.89 bits per heavy atom. The Bertz CT molecular complexity index is 589. The molecule has 2 N–H and O–H groups in total. The van der Waals surface area contributed by atoms with Crippen LogP contribution in [0.15, 0.2) is 27.8 Å². The summed E-state index contributed by atoms with van der Waals surface area (Å²) in [7, 11) is 0. The summed E-state index contributed by atoms with van der Waals surface area (Å²) < 4.78 is 5.53. The molecule has 1 aromatic heterocycles. The Hall–Kier alpha value is -1.82. The van der Waals surface area contributed by atoms with Crippen LogP contribution in [-0.2, 0) is 4.79 Å². The summed E-state index contributed by atoms with van der Waals surface area (Å²) in [6.07, 6.45) is 0. The highest BCUT2D eigenvalue weighted by molar-refractivity contribution is 8.00. The number of thioether (sulfide) groups is 1. The van der Waals surface area contributed by atoms with Gasteiger partial charge in [0.2, 0.25) is 11.8 Å². The Morgan fingerprint density at radius 1 is 1.26 bits per heavy atom. The lowest BCUT2D eigenvalue weighted by Crippen LogP contribution is -2.22. The van der Waals surface area contributed by atoms with Crippen LogP contribution < -0.4 is 5.73 Å². The molecule has 2 aromatic rings. The van der Waals surface area contributed by atoms with Crippen LogP contribution in [0.25, 0.3) is 11.5 Å². The number of aromatic nitrogens is 2. The van der Waals surface area contributed by atoms with Gasteiger partial charge in [-0.25, -0.2) is 0 Å². The van der Waals surface area contributed by atoms with Crippen molar-refractivity contribution >= 4 is 17.7 Å². The summed E-state index contributed by atoms with van der Waals surface area (Å²) in [4.78, 5) is 11.0. The molecule has 0 saturated heterocycles. The molecule has 2 rings (SSSR count). The van der Waals surface area contributed by atoms with E-state index in [1.54, 1.807) is 6.92 Å². The molecular formula is C13H15N3O2S. The van der Waals surface area contributed by atoms with E-state index in [1.807, 2.05) is 26.0 Å². The van der Waals surface area contributed by atoms with E-state index in [-0.39, 0.29) is 0 Å². The minimum Gasteiger partial charge on any atom is -0.411 e. The largest absolute Gasteiger partial charge is 0.411 e. The zero-order valence-corrected chi connectivity index (χ0v) is 11.8. The predicted molar refractivity (Wildman–Crippen MR) is 73.7 cm³/mol. The molecule has 5 nitrogen and oxygen atoms in total. The maximum atomic E-state index is 11.0. The van der Waals surface area contributed by atoms with Gasteiger partial charge in [0.1, 0.15) is 0 Å². The molecule has 19 heavy (non-hydrogen) atoms. The van der Waals surface area contributed by atoms with Crippen molar-refractivity contribution in [1.29, 1.82) is 0 Å². The number of carbonyl (C=O) groups is 1. The van der Waals surface area contributed by atoms with Crippen LogP contribution in [0.5, 0.6) is 0 Å². The summed E-state index contributed by atoms with van der Waals surface area (Å²) in [6, 6.07) is 6.03. The van der Waals surface area contributed by atoms with Gasteiger partial charge in [-0.1, -0.05) is 29.0 Å². The van der Waals surface area contributed by atoms with E-state index in [2.05, 4.69) is 16.3 Å². The molecule has 0 spiro atoms. The lowest BCUT2D eigenvalue weighted by atomic mass is 10.1. The molecule has 0 radical (unpaired) electrons. The molecule has 0 aliphatic carbocycles. The quantitative estimate of drug-likeness (QED) is 0.867. The molecule has 1 unspecified atom stereocenters. The van der Waals surface area contributed by atoms with Crippen LogP contribution in [0.2, 0.25) is 0 Å². The third-order valence-electron chi connectivity index (χ3n) is 2.55. The second kappa shape index (κ2) is 5.44. The zero-order valence-electron chi connectivity index (χ0n) is 11.0. The zero-order chi connectivity index (χ0) is 14.0. The maximum absolute atomic E-state index is 11.0. The van der Waals surface area contributed by atoms with Gasteiger partial charge in [0, 0.05) is 5.56 Å². The number of benzene rings is 1. The van der Waals surface area contributed by atoms with Gasteiger partial charge in [0.25, 0.3) is 5.22 Å². The number of nitrogens with zero attached hydrogens (tertiary/aromatic N) is 2. The van der Waals surface area contributed by atoms with Gasteiger partial charge < -0.3 is 10.2 Å². The average molecular weight is 277 g/mol. The molecule has 6 heteroatoms. The van der Waals surface area contributed by atoms with Gasteiger partial charge in [-0.15, -0.1) is 10.2 Å². The van der Waals surface area contributed by atoms with Gasteiger partial charge in [0.05, 0.1) is 5.25 Å². The number of nitrogens with two attached hydrogens (primary N) is 1. The number of hydrogen-bond acceptors (Lipinski definition) is 5. The fourth-order valence-electron chi connectivity index (χ4n) is 1.68. The van der Waals surface area contributed by atoms with Crippen molar-refractivity contribution < 1.29 is 9.21 Å². The summed E-state index contributed by atoms with van der Waals surface area (Å²) in [6.45, 7) is 5.73. The lowest BCUT2D eigenvalue weighted by Gasteiger charge is -2.02. The fourth-order valence-corrected chi connectivity index (χ4v) is 2.32. The van der Waals surface area contributed by atoms with Crippen LogP contribution in [0.3, 0.4) is 0 Å². The Labute approximate surface area is 115 Å². The first kappa shape index (κ1) is 13.6. The smallest absolute Gasteiger partial charge is 0.277 e. The van der Waals surface area contributed by atoms with E-state index in [9.17, 15) is 4.79 Å². The molecule has 1 amide bonds. The third-order valence-corrected chi connectivity index (χ3v) is 3.51. The highest BCUT2D eigenvalue weighted by Crippen LogP contribution is 2.26. The predicted octanol–water partition coefficient (Wildman–Crippen LogP) is 2.32. The first-order valence-corrected chi connectivity index (χ1v) is 6.72. The SMILES string of the molecule is Cc1cc(C)cc(-c2nnc(SC(C)C(N)=O)o2)c1. The van der Waals surface area contributed by atoms with Gasteiger partial charge in [-0.3, -0.25) is 4.79 Å². The molecule has 0 fully saturated rings. The number of hydrogen-bond donors (Lipinski definition) is 1. The Morgan fingerprint density at radius 3 is 2.47 bits per heavy atom. The number of primary amides is 1. The van der Waals surface area contributed by atoms with Crippen molar-refractivity contribution in [3.63, 3.8) is 0 Å². The van der Waals surface area contributed by atoms with E-state index in [4.69, 9.17) is 10.2 Å². The summed E-state index contributed by atoms with van der Waals surface area (Å²) >= 11 is 1.16. The van der Waals surface area contributed by atoms with Crippen molar-refractivity contribution in [1.82, 2.24) is 10.2 Å². The second-order valence-corrected chi connectivity index (χ2v) is 5.70. The minimum atomic E-state index is -0.406. The number of rotatable bonds is 4. The first-order valence-electron chi connectivity index (χ1n) is 5.84. The topological polar surface area (TPSA) is 82.0 Å². The normalized spacial score (nSPS) is 12.4. The molecular weight excluding hydrogens is 262 g/mol. The van der Waals surface area contributed by atoms with Crippen LogP contribution in [0, 0.1) is 13.8 Å². The highest BCUT2D eigenvalue weighted by atomic mass is 32.2. The monoisotopic (exact) mass is 277 g/mol. The van der Waals surface area contributed by atoms with Crippen molar-refractivity contribution in [3.05, 3.63) is 29.3 Å². The number of aryl methyl sites for hydroxylation is 2. The van der Waals surface area contributed by atoms with E-state index in [0.717, 1.165) is 28.5 Å². The summed E-state index contributed by atoms with van der Waals surface area (Å²) in [5.74, 6) is 0.0436. The average Bonchev–Trinajstić information content (AvgIpc) is 2.76. The Kier molecular flexibility index (Phi) is 3.90.